The summed E-state index contributed by atoms with van der Waals surface area (Å²) in [5.41, 5.74) is 1.22. The molecule has 0 radical (unpaired) electrons. The summed E-state index contributed by atoms with van der Waals surface area (Å²) in [6.45, 7) is 3.05. The van der Waals surface area contributed by atoms with Gasteiger partial charge in [-0.3, -0.25) is 0 Å². The molecule has 0 amide bonds. The van der Waals surface area contributed by atoms with Crippen molar-refractivity contribution in [2.24, 2.45) is 11.8 Å². The van der Waals surface area contributed by atoms with Crippen molar-refractivity contribution in [3.8, 4) is 0 Å². The number of aromatic nitrogens is 1. The molecule has 2 saturated carbocycles. The minimum absolute atomic E-state index is 0.747. The van der Waals surface area contributed by atoms with Crippen LogP contribution in [0.2, 0.25) is 0 Å². The molecule has 94 valence electrons. The molecule has 3 rings (SSSR count). The maximum atomic E-state index is 4.52. The number of thiazole rings is 1. The second kappa shape index (κ2) is 5.07. The number of hydrogen-bond donors (Lipinski definition) is 1. The maximum absolute atomic E-state index is 4.52. The smallest absolute Gasteiger partial charge is 0.0897 e. The lowest BCUT2D eigenvalue weighted by molar-refractivity contribution is 0.260. The van der Waals surface area contributed by atoms with Crippen molar-refractivity contribution in [2.45, 2.75) is 58.0 Å². The predicted molar refractivity (Wildman–Crippen MR) is 72.2 cm³/mol. The summed E-state index contributed by atoms with van der Waals surface area (Å²) in [5, 5.41) is 7.07. The van der Waals surface area contributed by atoms with E-state index in [0.29, 0.717) is 0 Å². The lowest BCUT2D eigenvalue weighted by Gasteiger charge is -2.29. The van der Waals surface area contributed by atoms with Crippen molar-refractivity contribution in [3.63, 3.8) is 0 Å². The van der Waals surface area contributed by atoms with Gasteiger partial charge in [0.15, 0.2) is 0 Å². The lowest BCUT2D eigenvalue weighted by Crippen LogP contribution is -2.34. The molecule has 0 saturated heterocycles. The largest absolute Gasteiger partial charge is 0.308 e. The van der Waals surface area contributed by atoms with Gasteiger partial charge in [0, 0.05) is 18.0 Å². The first-order valence-electron chi connectivity index (χ1n) is 6.95. The van der Waals surface area contributed by atoms with Gasteiger partial charge < -0.3 is 5.32 Å². The number of nitrogens with one attached hydrogen (secondary N) is 1. The van der Waals surface area contributed by atoms with Crippen LogP contribution in [0.25, 0.3) is 0 Å². The number of rotatable bonds is 4. The Morgan fingerprint density at radius 2 is 2.18 bits per heavy atom. The van der Waals surface area contributed by atoms with E-state index in [1.165, 1.54) is 49.2 Å². The van der Waals surface area contributed by atoms with Crippen molar-refractivity contribution in [1.29, 1.82) is 0 Å². The van der Waals surface area contributed by atoms with Crippen molar-refractivity contribution < 1.29 is 0 Å². The number of aryl methyl sites for hydroxylation is 1. The van der Waals surface area contributed by atoms with E-state index >= 15 is 0 Å². The van der Waals surface area contributed by atoms with Crippen molar-refractivity contribution >= 4 is 11.3 Å². The highest BCUT2D eigenvalue weighted by atomic mass is 32.1. The third-order valence-corrected chi connectivity index (χ3v) is 5.06. The molecule has 1 N–H and O–H groups in total. The van der Waals surface area contributed by atoms with Gasteiger partial charge in [-0.25, -0.2) is 4.98 Å². The van der Waals surface area contributed by atoms with Crippen molar-refractivity contribution in [3.05, 3.63) is 16.1 Å². The van der Waals surface area contributed by atoms with E-state index < -0.39 is 0 Å². The Kier molecular flexibility index (Phi) is 3.48. The van der Waals surface area contributed by atoms with Crippen LogP contribution >= 0.6 is 11.3 Å². The highest BCUT2D eigenvalue weighted by Gasteiger charge is 2.34. The first kappa shape index (κ1) is 11.7. The maximum Gasteiger partial charge on any atom is 0.0897 e. The van der Waals surface area contributed by atoms with Crippen LogP contribution < -0.4 is 5.32 Å². The zero-order valence-corrected chi connectivity index (χ0v) is 11.4. The molecule has 0 bridgehead atoms. The molecule has 1 heterocycles. The van der Waals surface area contributed by atoms with E-state index in [0.717, 1.165) is 24.4 Å². The Hall–Kier alpha value is -0.410. The molecular weight excluding hydrogens is 228 g/mol. The number of hydrogen-bond acceptors (Lipinski definition) is 3. The molecule has 2 fully saturated rings. The fourth-order valence-corrected chi connectivity index (χ4v) is 3.76. The average molecular weight is 250 g/mol. The van der Waals surface area contributed by atoms with E-state index in [2.05, 4.69) is 22.6 Å². The minimum Gasteiger partial charge on any atom is -0.308 e. The number of nitrogens with zero attached hydrogens (tertiary/aromatic N) is 1. The third-order valence-electron chi connectivity index (χ3n) is 4.24. The molecular formula is C14H22N2S. The summed E-state index contributed by atoms with van der Waals surface area (Å²) in [6, 6.07) is 0.747. The van der Waals surface area contributed by atoms with E-state index in [-0.39, 0.29) is 0 Å². The molecule has 2 atom stereocenters. The van der Waals surface area contributed by atoms with Crippen LogP contribution in [0, 0.1) is 18.8 Å². The highest BCUT2D eigenvalue weighted by molar-refractivity contribution is 7.09. The van der Waals surface area contributed by atoms with Gasteiger partial charge in [-0.2, -0.15) is 0 Å². The Balaban J connectivity index is 1.47. The van der Waals surface area contributed by atoms with E-state index in [1.807, 2.05) is 0 Å². The van der Waals surface area contributed by atoms with Gasteiger partial charge in [0.25, 0.3) is 0 Å². The van der Waals surface area contributed by atoms with Gasteiger partial charge >= 0.3 is 0 Å². The second-order valence-electron chi connectivity index (χ2n) is 5.70. The van der Waals surface area contributed by atoms with Crippen LogP contribution in [-0.4, -0.2) is 11.0 Å². The van der Waals surface area contributed by atoms with Crippen molar-refractivity contribution in [2.75, 3.05) is 0 Å². The molecule has 0 aliphatic heterocycles. The van der Waals surface area contributed by atoms with Crippen LogP contribution in [0.4, 0.5) is 0 Å². The fourth-order valence-electron chi connectivity index (χ4n) is 3.15. The van der Waals surface area contributed by atoms with Crippen molar-refractivity contribution in [1.82, 2.24) is 10.3 Å². The van der Waals surface area contributed by atoms with Gasteiger partial charge in [0.05, 0.1) is 10.7 Å². The lowest BCUT2D eigenvalue weighted by atomic mass is 9.83. The topological polar surface area (TPSA) is 24.9 Å². The molecule has 0 spiro atoms. The fraction of sp³-hybridized carbons (Fsp3) is 0.786. The summed E-state index contributed by atoms with van der Waals surface area (Å²) in [6.07, 6.45) is 8.69. The van der Waals surface area contributed by atoms with E-state index in [4.69, 9.17) is 0 Å². The Labute approximate surface area is 108 Å². The van der Waals surface area contributed by atoms with Crippen LogP contribution in [-0.2, 0) is 6.54 Å². The summed E-state index contributed by atoms with van der Waals surface area (Å²) < 4.78 is 0. The van der Waals surface area contributed by atoms with Crippen LogP contribution in [0.5, 0.6) is 0 Å². The van der Waals surface area contributed by atoms with E-state index in [1.54, 1.807) is 11.3 Å². The second-order valence-corrected chi connectivity index (χ2v) is 6.76. The average Bonchev–Trinajstić information content (AvgIpc) is 3.11. The quantitative estimate of drug-likeness (QED) is 0.884. The van der Waals surface area contributed by atoms with Gasteiger partial charge in [0.1, 0.15) is 0 Å². The molecule has 2 nitrogen and oxygen atoms in total. The third kappa shape index (κ3) is 3.08. The molecule has 17 heavy (non-hydrogen) atoms. The molecule has 3 heteroatoms. The van der Waals surface area contributed by atoms with Crippen LogP contribution in [0.3, 0.4) is 0 Å². The van der Waals surface area contributed by atoms with Gasteiger partial charge in [-0.15, -0.1) is 11.3 Å². The summed E-state index contributed by atoms with van der Waals surface area (Å²) in [7, 11) is 0. The standard InChI is InChI=1S/C14H22N2S/c1-10-16-14(9-17-10)8-15-13-4-2-3-12(7-13)11-5-6-11/h9,11-13,15H,2-8H2,1H3. The zero-order valence-electron chi connectivity index (χ0n) is 10.6. The van der Waals surface area contributed by atoms with Gasteiger partial charge in [0.2, 0.25) is 0 Å². The van der Waals surface area contributed by atoms with Gasteiger partial charge in [-0.05, 0) is 44.4 Å². The first-order chi connectivity index (χ1) is 8.31. The SMILES string of the molecule is Cc1nc(CNC2CCCC(C3CC3)C2)cs1. The molecule has 1 aromatic heterocycles. The minimum atomic E-state index is 0.747. The van der Waals surface area contributed by atoms with E-state index in [9.17, 15) is 0 Å². The highest BCUT2D eigenvalue weighted by Crippen LogP contribution is 2.43. The molecule has 0 aromatic carbocycles. The monoisotopic (exact) mass is 250 g/mol. The first-order valence-corrected chi connectivity index (χ1v) is 7.83. The van der Waals surface area contributed by atoms with Crippen LogP contribution in [0.1, 0.15) is 49.2 Å². The molecule has 1 aromatic rings. The van der Waals surface area contributed by atoms with Crippen LogP contribution in [0.15, 0.2) is 5.38 Å². The van der Waals surface area contributed by atoms with Gasteiger partial charge in [-0.1, -0.05) is 12.8 Å². The Bertz CT molecular complexity index is 370. The Morgan fingerprint density at radius 3 is 2.88 bits per heavy atom. The molecule has 2 aliphatic carbocycles. The summed E-state index contributed by atoms with van der Waals surface area (Å²) >= 11 is 1.76. The zero-order chi connectivity index (χ0) is 11.7. The molecule has 2 unspecified atom stereocenters. The normalized spacial score (nSPS) is 29.5. The Morgan fingerprint density at radius 1 is 1.29 bits per heavy atom. The summed E-state index contributed by atoms with van der Waals surface area (Å²) in [4.78, 5) is 4.52. The molecule has 2 aliphatic rings. The summed E-state index contributed by atoms with van der Waals surface area (Å²) in [5.74, 6) is 2.11. The predicted octanol–water partition coefficient (Wildman–Crippen LogP) is 3.51.